The van der Waals surface area contributed by atoms with Crippen molar-refractivity contribution < 1.29 is 14.7 Å². The van der Waals surface area contributed by atoms with Gasteiger partial charge in [0, 0.05) is 12.6 Å². The van der Waals surface area contributed by atoms with Crippen molar-refractivity contribution in [1.29, 1.82) is 0 Å². The van der Waals surface area contributed by atoms with Gasteiger partial charge in [0.1, 0.15) is 0 Å². The van der Waals surface area contributed by atoms with Crippen LogP contribution in [0.25, 0.3) is 0 Å². The van der Waals surface area contributed by atoms with Crippen LogP contribution in [-0.4, -0.2) is 40.1 Å². The van der Waals surface area contributed by atoms with Crippen molar-refractivity contribution in [1.82, 2.24) is 10.2 Å². The molecule has 2 rings (SSSR count). The fourth-order valence-electron chi connectivity index (χ4n) is 3.72. The minimum atomic E-state index is -0.825. The van der Waals surface area contributed by atoms with E-state index in [2.05, 4.69) is 19.2 Å². The van der Waals surface area contributed by atoms with Crippen LogP contribution in [-0.2, 0) is 4.79 Å². The summed E-state index contributed by atoms with van der Waals surface area (Å²) in [6, 6.07) is 0.225. The number of hydrogen-bond donors (Lipinski definition) is 2. The second-order valence-electron chi connectivity index (χ2n) is 6.64. The van der Waals surface area contributed by atoms with Gasteiger partial charge in [0.15, 0.2) is 0 Å². The molecule has 1 saturated carbocycles. The number of nitrogens with one attached hydrogen (secondary N) is 1. The van der Waals surface area contributed by atoms with Gasteiger partial charge in [-0.05, 0) is 31.6 Å². The third-order valence-corrected chi connectivity index (χ3v) is 4.75. The fourth-order valence-corrected chi connectivity index (χ4v) is 3.72. The average molecular weight is 282 g/mol. The lowest BCUT2D eigenvalue weighted by Crippen LogP contribution is -2.54. The Bertz CT molecular complexity index is 375. The zero-order valence-corrected chi connectivity index (χ0v) is 12.5. The van der Waals surface area contributed by atoms with Crippen molar-refractivity contribution in [3.05, 3.63) is 0 Å². The summed E-state index contributed by atoms with van der Waals surface area (Å²) in [6.07, 6.45) is 5.71. The number of amides is 2. The van der Waals surface area contributed by atoms with E-state index in [-0.39, 0.29) is 12.5 Å². The van der Waals surface area contributed by atoms with E-state index in [1.807, 2.05) is 4.90 Å². The number of hydrogen-bond acceptors (Lipinski definition) is 2. The van der Waals surface area contributed by atoms with E-state index in [0.29, 0.717) is 12.0 Å². The molecule has 1 saturated heterocycles. The first kappa shape index (κ1) is 15.1. The van der Waals surface area contributed by atoms with Crippen molar-refractivity contribution in [2.75, 3.05) is 6.54 Å². The zero-order chi connectivity index (χ0) is 14.8. The molecule has 0 bridgehead atoms. The molecule has 5 heteroatoms. The van der Waals surface area contributed by atoms with E-state index in [9.17, 15) is 9.59 Å². The Labute approximate surface area is 120 Å². The molecule has 2 fully saturated rings. The smallest absolute Gasteiger partial charge is 0.318 e. The van der Waals surface area contributed by atoms with Gasteiger partial charge in [-0.3, -0.25) is 4.79 Å². The normalized spacial score (nSPS) is 25.1. The maximum atomic E-state index is 12.5. The molecule has 1 heterocycles. The zero-order valence-electron chi connectivity index (χ0n) is 12.5. The molecular formula is C15H26N2O3. The van der Waals surface area contributed by atoms with Gasteiger partial charge in [-0.1, -0.05) is 26.7 Å². The van der Waals surface area contributed by atoms with Gasteiger partial charge in [-0.15, -0.1) is 0 Å². The van der Waals surface area contributed by atoms with Gasteiger partial charge in [0.25, 0.3) is 0 Å². The molecule has 1 aliphatic carbocycles. The second-order valence-corrected chi connectivity index (χ2v) is 6.64. The van der Waals surface area contributed by atoms with Crippen LogP contribution >= 0.6 is 0 Å². The second kappa shape index (κ2) is 6.02. The van der Waals surface area contributed by atoms with Crippen molar-refractivity contribution >= 4 is 12.0 Å². The summed E-state index contributed by atoms with van der Waals surface area (Å²) in [7, 11) is 0. The molecule has 20 heavy (non-hydrogen) atoms. The fraction of sp³-hybridized carbons (Fsp3) is 0.867. The van der Waals surface area contributed by atoms with Gasteiger partial charge in [0.2, 0.25) is 0 Å². The summed E-state index contributed by atoms with van der Waals surface area (Å²) in [6.45, 7) is 5.07. The topological polar surface area (TPSA) is 69.6 Å². The lowest BCUT2D eigenvalue weighted by atomic mass is 9.93. The summed E-state index contributed by atoms with van der Waals surface area (Å²) >= 11 is 0. The monoisotopic (exact) mass is 282 g/mol. The number of carboxylic acid groups (broad SMARTS) is 1. The average Bonchev–Trinajstić information content (AvgIpc) is 2.96. The SMILES string of the molecule is CC(C)C1CCCN1C(=O)NC1(CC(=O)O)CCCC1. The van der Waals surface area contributed by atoms with E-state index in [0.717, 1.165) is 45.1 Å². The molecule has 0 spiro atoms. The van der Waals surface area contributed by atoms with Crippen LogP contribution in [0.1, 0.15) is 58.8 Å². The van der Waals surface area contributed by atoms with Crippen molar-refractivity contribution in [2.24, 2.45) is 5.92 Å². The van der Waals surface area contributed by atoms with Gasteiger partial charge in [-0.2, -0.15) is 0 Å². The Balaban J connectivity index is 2.03. The number of nitrogens with zero attached hydrogens (tertiary/aromatic N) is 1. The van der Waals surface area contributed by atoms with Gasteiger partial charge >= 0.3 is 12.0 Å². The molecule has 2 amide bonds. The number of carbonyl (C=O) groups excluding carboxylic acids is 1. The molecule has 0 aromatic carbocycles. The molecule has 114 valence electrons. The predicted octanol–water partition coefficient (Wildman–Crippen LogP) is 2.60. The van der Waals surface area contributed by atoms with Crippen molar-refractivity contribution in [3.8, 4) is 0 Å². The highest BCUT2D eigenvalue weighted by Crippen LogP contribution is 2.33. The molecule has 1 aliphatic heterocycles. The Morgan fingerprint density at radius 1 is 1.30 bits per heavy atom. The predicted molar refractivity (Wildman–Crippen MR) is 76.5 cm³/mol. The summed E-state index contributed by atoms with van der Waals surface area (Å²) in [5.74, 6) is -0.378. The van der Waals surface area contributed by atoms with Crippen LogP contribution < -0.4 is 5.32 Å². The van der Waals surface area contributed by atoms with Crippen LogP contribution in [0.5, 0.6) is 0 Å². The summed E-state index contributed by atoms with van der Waals surface area (Å²) in [5.41, 5.74) is -0.521. The van der Waals surface area contributed by atoms with Gasteiger partial charge < -0.3 is 15.3 Å². The van der Waals surface area contributed by atoms with Crippen molar-refractivity contribution in [3.63, 3.8) is 0 Å². The number of rotatable bonds is 4. The Morgan fingerprint density at radius 3 is 2.50 bits per heavy atom. The van der Waals surface area contributed by atoms with Crippen molar-refractivity contribution in [2.45, 2.75) is 70.4 Å². The third-order valence-electron chi connectivity index (χ3n) is 4.75. The third kappa shape index (κ3) is 3.25. The van der Waals surface area contributed by atoms with Gasteiger partial charge in [0.05, 0.1) is 12.0 Å². The molecule has 2 aliphatic rings. The highest BCUT2D eigenvalue weighted by atomic mass is 16.4. The maximum absolute atomic E-state index is 12.5. The number of carboxylic acids is 1. The standard InChI is InChI=1S/C15H26N2O3/c1-11(2)12-6-5-9-17(12)14(20)16-15(10-13(18)19)7-3-4-8-15/h11-12H,3-10H2,1-2H3,(H,16,20)(H,18,19). The lowest BCUT2D eigenvalue weighted by molar-refractivity contribution is -0.138. The van der Waals surface area contributed by atoms with Crippen LogP contribution in [0.2, 0.25) is 0 Å². The van der Waals surface area contributed by atoms with E-state index < -0.39 is 11.5 Å². The van der Waals surface area contributed by atoms with Crippen LogP contribution in [0, 0.1) is 5.92 Å². The highest BCUT2D eigenvalue weighted by Gasteiger charge is 2.40. The molecular weight excluding hydrogens is 256 g/mol. The molecule has 0 radical (unpaired) electrons. The highest BCUT2D eigenvalue weighted by molar-refractivity contribution is 5.77. The lowest BCUT2D eigenvalue weighted by Gasteiger charge is -2.34. The minimum absolute atomic E-state index is 0.0406. The van der Waals surface area contributed by atoms with Crippen LogP contribution in [0.3, 0.4) is 0 Å². The molecule has 1 unspecified atom stereocenters. The van der Waals surface area contributed by atoms with E-state index in [1.54, 1.807) is 0 Å². The van der Waals surface area contributed by atoms with Crippen LogP contribution in [0.15, 0.2) is 0 Å². The largest absolute Gasteiger partial charge is 0.481 e. The summed E-state index contributed by atoms with van der Waals surface area (Å²) in [4.78, 5) is 25.5. The van der Waals surface area contributed by atoms with Crippen LogP contribution in [0.4, 0.5) is 4.79 Å². The van der Waals surface area contributed by atoms with E-state index in [4.69, 9.17) is 5.11 Å². The first-order valence-corrected chi connectivity index (χ1v) is 7.74. The molecule has 0 aromatic rings. The van der Waals surface area contributed by atoms with E-state index >= 15 is 0 Å². The molecule has 5 nitrogen and oxygen atoms in total. The number of urea groups is 1. The molecule has 2 N–H and O–H groups in total. The Morgan fingerprint density at radius 2 is 1.95 bits per heavy atom. The van der Waals surface area contributed by atoms with E-state index in [1.165, 1.54) is 0 Å². The molecule has 1 atom stereocenters. The maximum Gasteiger partial charge on any atom is 0.318 e. The number of likely N-dealkylation sites (tertiary alicyclic amines) is 1. The first-order valence-electron chi connectivity index (χ1n) is 7.74. The summed E-state index contributed by atoms with van der Waals surface area (Å²) < 4.78 is 0. The number of carbonyl (C=O) groups is 2. The van der Waals surface area contributed by atoms with Gasteiger partial charge in [-0.25, -0.2) is 4.79 Å². The number of aliphatic carboxylic acids is 1. The Kier molecular flexibility index (Phi) is 4.55. The Hall–Kier alpha value is -1.26. The summed E-state index contributed by atoms with van der Waals surface area (Å²) in [5, 5.41) is 12.1. The minimum Gasteiger partial charge on any atom is -0.481 e. The molecule has 0 aromatic heterocycles. The first-order chi connectivity index (χ1) is 9.43. The quantitative estimate of drug-likeness (QED) is 0.832.